The van der Waals surface area contributed by atoms with Crippen molar-refractivity contribution in [3.05, 3.63) is 24.5 Å². The Hall–Kier alpha value is -3.63. The molecule has 2 atom stereocenters. The van der Waals surface area contributed by atoms with E-state index >= 15 is 0 Å². The van der Waals surface area contributed by atoms with Gasteiger partial charge in [0.2, 0.25) is 11.8 Å². The van der Waals surface area contributed by atoms with E-state index in [9.17, 15) is 9.59 Å². The topological polar surface area (TPSA) is 122 Å². The molecule has 3 aromatic heterocycles. The predicted octanol–water partition coefficient (Wildman–Crippen LogP) is 1.49. The third-order valence-corrected chi connectivity index (χ3v) is 6.34. The number of fused-ring (bicyclic) bond motifs is 1. The van der Waals surface area contributed by atoms with Crippen molar-refractivity contribution in [2.24, 2.45) is 5.92 Å². The third kappa shape index (κ3) is 3.95. The fourth-order valence-electron chi connectivity index (χ4n) is 4.46. The molecule has 0 radical (unpaired) electrons. The highest BCUT2D eigenvalue weighted by atomic mass is 16.2. The summed E-state index contributed by atoms with van der Waals surface area (Å²) in [6, 6.07) is -0.937. The van der Waals surface area contributed by atoms with Crippen molar-refractivity contribution in [1.82, 2.24) is 39.3 Å². The van der Waals surface area contributed by atoms with Gasteiger partial charge in [0.25, 0.3) is 0 Å². The van der Waals surface area contributed by atoms with Crippen LogP contribution in [0.15, 0.2) is 18.7 Å². The summed E-state index contributed by atoms with van der Waals surface area (Å²) in [6.07, 6.45) is 6.97. The van der Waals surface area contributed by atoms with Crippen LogP contribution in [0.2, 0.25) is 0 Å². The van der Waals surface area contributed by atoms with Gasteiger partial charge in [-0.2, -0.15) is 0 Å². The second-order valence-corrected chi connectivity index (χ2v) is 8.83. The normalized spacial score (nSPS) is 20.8. The van der Waals surface area contributed by atoms with E-state index < -0.39 is 6.04 Å². The summed E-state index contributed by atoms with van der Waals surface area (Å²) in [6.45, 7) is 4.81. The zero-order valence-electron chi connectivity index (χ0n) is 21.3. The molecule has 1 saturated carbocycles. The number of imidazole rings is 1. The van der Waals surface area contributed by atoms with Crippen molar-refractivity contribution < 1.29 is 12.3 Å². The van der Waals surface area contributed by atoms with Gasteiger partial charge in [0, 0.05) is 54.2 Å². The molecule has 1 saturated heterocycles. The lowest BCUT2D eigenvalue weighted by molar-refractivity contribution is -0.143. The minimum absolute atomic E-state index is 0.0303. The Kier molecular flexibility index (Phi) is 5.02. The maximum absolute atomic E-state index is 13.1. The number of likely N-dealkylation sites (tertiary alicyclic amines) is 1. The summed E-state index contributed by atoms with van der Waals surface area (Å²) in [5.41, 5.74) is 2.02. The van der Waals surface area contributed by atoms with Crippen LogP contribution < -0.4 is 5.32 Å². The first kappa shape index (κ1) is 19.8. The van der Waals surface area contributed by atoms with Crippen LogP contribution in [0, 0.1) is 12.8 Å². The Morgan fingerprint density at radius 3 is 2.65 bits per heavy atom. The Labute approximate surface area is 200 Å². The Bertz CT molecular complexity index is 1270. The number of aryl methyl sites for hydroxylation is 2. The van der Waals surface area contributed by atoms with E-state index in [-0.39, 0.29) is 37.8 Å². The quantitative estimate of drug-likeness (QED) is 0.581. The fourth-order valence-corrected chi connectivity index (χ4v) is 4.46. The fraction of sp³-hybridized carbons (Fsp3) is 0.522. The van der Waals surface area contributed by atoms with Crippen LogP contribution in [0.25, 0.3) is 22.6 Å². The second-order valence-electron chi connectivity index (χ2n) is 8.83. The highest BCUT2D eigenvalue weighted by Gasteiger charge is 2.44. The van der Waals surface area contributed by atoms with Gasteiger partial charge in [0.05, 0.1) is 5.56 Å². The number of amides is 2. The molecule has 1 N–H and O–H groups in total. The van der Waals surface area contributed by atoms with Crippen LogP contribution in [0.1, 0.15) is 34.8 Å². The molecule has 2 aliphatic rings. The average molecular weight is 466 g/mol. The molecule has 11 nitrogen and oxygen atoms in total. The zero-order chi connectivity index (χ0) is 25.4. The average Bonchev–Trinajstić information content (AvgIpc) is 3.54. The van der Waals surface area contributed by atoms with E-state index in [0.29, 0.717) is 48.1 Å². The van der Waals surface area contributed by atoms with Crippen molar-refractivity contribution in [2.75, 3.05) is 25.9 Å². The Morgan fingerprint density at radius 1 is 1.21 bits per heavy atom. The maximum atomic E-state index is 13.1. The molecule has 2 fully saturated rings. The number of nitrogens with one attached hydrogen (secondary N) is 1. The molecule has 1 aliphatic carbocycles. The molecule has 1 aliphatic heterocycles. The molecule has 178 valence electrons. The number of carbonyl (C=O) groups excluding carboxylic acids is 2. The summed E-state index contributed by atoms with van der Waals surface area (Å²) in [7, 11) is -0.621. The van der Waals surface area contributed by atoms with Crippen LogP contribution in [-0.4, -0.2) is 83.8 Å². The number of likely N-dealkylation sites (N-methyl/N-ethyl adjacent to an activating group) is 1. The predicted molar refractivity (Wildman–Crippen MR) is 126 cm³/mol. The van der Waals surface area contributed by atoms with Gasteiger partial charge in [-0.3, -0.25) is 9.59 Å². The summed E-state index contributed by atoms with van der Waals surface area (Å²) in [4.78, 5) is 51.1. The van der Waals surface area contributed by atoms with Crippen LogP contribution in [0.3, 0.4) is 0 Å². The minimum Gasteiger partial charge on any atom is -0.363 e. The van der Waals surface area contributed by atoms with Crippen LogP contribution in [0.5, 0.6) is 0 Å². The number of nitrogens with zero attached hydrogens (tertiary/aromatic N) is 8. The van der Waals surface area contributed by atoms with Crippen molar-refractivity contribution in [1.29, 1.82) is 0 Å². The van der Waals surface area contributed by atoms with E-state index in [0.717, 1.165) is 23.3 Å². The zero-order valence-corrected chi connectivity index (χ0v) is 19.3. The van der Waals surface area contributed by atoms with Gasteiger partial charge in [-0.25, -0.2) is 24.9 Å². The highest BCUT2D eigenvalue weighted by Crippen LogP contribution is 2.35. The van der Waals surface area contributed by atoms with Gasteiger partial charge in [-0.05, 0) is 33.1 Å². The van der Waals surface area contributed by atoms with Crippen molar-refractivity contribution in [3.8, 4) is 11.4 Å². The molecule has 4 heterocycles. The number of carbonyl (C=O) groups is 2. The SMILES string of the molecule is [2H]CN(C[2H])C(=O)[C@@H]1CC(Nc2ncnc3c2nc(-c2cnc(C)nc2)n3CC)CN1C(=O)C1CC1. The molecular formula is C23H29N9O2. The van der Waals surface area contributed by atoms with Crippen molar-refractivity contribution in [3.63, 3.8) is 0 Å². The van der Waals surface area contributed by atoms with Crippen LogP contribution in [0.4, 0.5) is 5.82 Å². The number of aromatic nitrogens is 6. The minimum atomic E-state index is -0.697. The molecule has 1 unspecified atom stereocenters. The van der Waals surface area contributed by atoms with Crippen LogP contribution in [-0.2, 0) is 16.1 Å². The molecule has 11 heteroatoms. The summed E-state index contributed by atoms with van der Waals surface area (Å²) >= 11 is 0. The first-order chi connectivity index (χ1) is 17.4. The Morgan fingerprint density at radius 2 is 1.97 bits per heavy atom. The van der Waals surface area contributed by atoms with Gasteiger partial charge in [0.1, 0.15) is 24.0 Å². The van der Waals surface area contributed by atoms with Gasteiger partial charge in [-0.1, -0.05) is 0 Å². The van der Waals surface area contributed by atoms with Crippen LogP contribution >= 0.6 is 0 Å². The monoisotopic (exact) mass is 465 g/mol. The van der Waals surface area contributed by atoms with E-state index in [2.05, 4.69) is 25.3 Å². The number of hydrogen-bond donors (Lipinski definition) is 1. The summed E-state index contributed by atoms with van der Waals surface area (Å²) in [5, 5.41) is 3.40. The highest BCUT2D eigenvalue weighted by molar-refractivity contribution is 5.90. The number of rotatable bonds is 6. The van der Waals surface area contributed by atoms with E-state index in [1.165, 1.54) is 6.33 Å². The van der Waals surface area contributed by atoms with Gasteiger partial charge >= 0.3 is 0 Å². The third-order valence-electron chi connectivity index (χ3n) is 6.34. The molecule has 5 rings (SSSR count). The standard InChI is InChI=1S/C23H29N9O2/c1-5-31-20(15-9-24-13(2)25-10-15)29-18-19(26-12-27-21(18)31)28-16-8-17(23(34)30(3)4)32(11-16)22(33)14-6-7-14/h9-10,12,14,16-17H,5-8,11H2,1-4H3,(H,26,27,28)/t16?,17-/m0/s1/i3D,4D. The molecular weight excluding hydrogens is 434 g/mol. The molecule has 0 aromatic carbocycles. The smallest absolute Gasteiger partial charge is 0.244 e. The van der Waals surface area contributed by atoms with Gasteiger partial charge in [-0.15, -0.1) is 0 Å². The number of hydrogen-bond acceptors (Lipinski definition) is 8. The maximum Gasteiger partial charge on any atom is 0.244 e. The van der Waals surface area contributed by atoms with E-state index in [4.69, 9.17) is 7.73 Å². The lowest BCUT2D eigenvalue weighted by atomic mass is 10.1. The lowest BCUT2D eigenvalue weighted by Crippen LogP contribution is -2.46. The molecule has 0 bridgehead atoms. The first-order valence-electron chi connectivity index (χ1n) is 12.8. The van der Waals surface area contributed by atoms with Crippen molar-refractivity contribution in [2.45, 2.75) is 51.7 Å². The van der Waals surface area contributed by atoms with Gasteiger partial charge < -0.3 is 19.7 Å². The largest absolute Gasteiger partial charge is 0.363 e. The van der Waals surface area contributed by atoms with Gasteiger partial charge in [0.15, 0.2) is 17.0 Å². The molecule has 3 aromatic rings. The van der Waals surface area contributed by atoms with E-state index in [1.54, 1.807) is 17.3 Å². The molecule has 0 spiro atoms. The first-order valence-corrected chi connectivity index (χ1v) is 11.4. The number of anilines is 1. The van der Waals surface area contributed by atoms with E-state index in [1.807, 2.05) is 18.4 Å². The summed E-state index contributed by atoms with van der Waals surface area (Å²) in [5.74, 6) is 1.45. The molecule has 2 amide bonds. The summed E-state index contributed by atoms with van der Waals surface area (Å²) < 4.78 is 17.2. The lowest BCUT2D eigenvalue weighted by Gasteiger charge is -2.26. The Balaban J connectivity index is 1.45. The second kappa shape index (κ2) is 8.62. The van der Waals surface area contributed by atoms with Crippen molar-refractivity contribution >= 4 is 28.8 Å². The molecule has 34 heavy (non-hydrogen) atoms.